The first-order valence-corrected chi connectivity index (χ1v) is 7.56. The van der Waals surface area contributed by atoms with Gasteiger partial charge < -0.3 is 5.32 Å². The summed E-state index contributed by atoms with van der Waals surface area (Å²) >= 11 is 0. The van der Waals surface area contributed by atoms with Crippen molar-refractivity contribution in [3.8, 4) is 0 Å². The summed E-state index contributed by atoms with van der Waals surface area (Å²) in [6.07, 6.45) is 1.54. The number of hydrogen-bond acceptors (Lipinski definition) is 1. The molecule has 0 saturated carbocycles. The van der Waals surface area contributed by atoms with Crippen molar-refractivity contribution < 1.29 is 4.79 Å². The number of carbonyl (C=O) groups excluding carboxylic acids is 1. The lowest BCUT2D eigenvalue weighted by Crippen LogP contribution is -2.45. The fourth-order valence-corrected chi connectivity index (χ4v) is 3.41. The van der Waals surface area contributed by atoms with Crippen LogP contribution in [0.5, 0.6) is 0 Å². The number of carbonyl (C=O) groups is 1. The van der Waals surface area contributed by atoms with E-state index in [-0.39, 0.29) is 11.3 Å². The number of amides is 1. The van der Waals surface area contributed by atoms with E-state index in [0.717, 1.165) is 13.0 Å². The van der Waals surface area contributed by atoms with E-state index in [0.29, 0.717) is 12.3 Å². The van der Waals surface area contributed by atoms with Crippen molar-refractivity contribution in [1.82, 2.24) is 5.32 Å². The van der Waals surface area contributed by atoms with Gasteiger partial charge in [0, 0.05) is 18.9 Å². The first kappa shape index (κ1) is 13.9. The normalized spacial score (nSPS) is 22.1. The summed E-state index contributed by atoms with van der Waals surface area (Å²) < 4.78 is 0. The Morgan fingerprint density at radius 1 is 0.952 bits per heavy atom. The van der Waals surface area contributed by atoms with E-state index in [2.05, 4.69) is 72.9 Å². The molecule has 1 fully saturated rings. The molecule has 2 heteroatoms. The van der Waals surface area contributed by atoms with E-state index in [1.54, 1.807) is 0 Å². The molecule has 1 aliphatic heterocycles. The van der Waals surface area contributed by atoms with Crippen molar-refractivity contribution in [2.45, 2.75) is 25.7 Å². The van der Waals surface area contributed by atoms with Crippen LogP contribution in [-0.4, -0.2) is 12.5 Å². The zero-order valence-electron chi connectivity index (χ0n) is 12.4. The summed E-state index contributed by atoms with van der Waals surface area (Å²) in [6.45, 7) is 3.03. The fraction of sp³-hybridized carbons (Fsp3) is 0.316. The minimum atomic E-state index is 0.0522. The first-order chi connectivity index (χ1) is 10.2. The van der Waals surface area contributed by atoms with Gasteiger partial charge in [-0.25, -0.2) is 0 Å². The summed E-state index contributed by atoms with van der Waals surface area (Å²) in [5.41, 5.74) is 2.70. The Labute approximate surface area is 126 Å². The second-order valence-electron chi connectivity index (χ2n) is 6.19. The van der Waals surface area contributed by atoms with Crippen LogP contribution in [0.1, 0.15) is 36.8 Å². The quantitative estimate of drug-likeness (QED) is 0.911. The van der Waals surface area contributed by atoms with Crippen LogP contribution in [0.4, 0.5) is 0 Å². The van der Waals surface area contributed by atoms with E-state index in [1.165, 1.54) is 11.1 Å². The average molecular weight is 279 g/mol. The highest BCUT2D eigenvalue weighted by Gasteiger charge is 2.39. The topological polar surface area (TPSA) is 29.1 Å². The molecule has 1 atom stereocenters. The van der Waals surface area contributed by atoms with Gasteiger partial charge in [0.05, 0.1) is 0 Å². The average Bonchev–Trinajstić information content (AvgIpc) is 2.53. The third-order valence-electron chi connectivity index (χ3n) is 4.58. The number of piperidine rings is 1. The summed E-state index contributed by atoms with van der Waals surface area (Å²) in [5, 5.41) is 3.05. The van der Waals surface area contributed by atoms with Gasteiger partial charge in [-0.2, -0.15) is 0 Å². The molecule has 0 aromatic heterocycles. The lowest BCUT2D eigenvalue weighted by molar-refractivity contribution is -0.124. The van der Waals surface area contributed by atoms with Crippen LogP contribution in [0.3, 0.4) is 0 Å². The third kappa shape index (κ3) is 2.85. The molecule has 0 spiro atoms. The maximum Gasteiger partial charge on any atom is 0.220 e. The highest BCUT2D eigenvalue weighted by atomic mass is 16.1. The second-order valence-corrected chi connectivity index (χ2v) is 6.19. The van der Waals surface area contributed by atoms with E-state index in [9.17, 15) is 4.79 Å². The molecule has 1 N–H and O–H groups in total. The Kier molecular flexibility index (Phi) is 3.78. The molecule has 1 amide bonds. The minimum Gasteiger partial charge on any atom is -0.356 e. The van der Waals surface area contributed by atoms with Crippen molar-refractivity contribution in [3.63, 3.8) is 0 Å². The molecule has 1 aliphatic rings. The van der Waals surface area contributed by atoms with E-state index in [1.807, 2.05) is 0 Å². The van der Waals surface area contributed by atoms with Crippen LogP contribution in [-0.2, 0) is 4.79 Å². The molecule has 3 rings (SSSR count). The highest BCUT2D eigenvalue weighted by Crippen LogP contribution is 2.45. The number of rotatable bonds is 3. The zero-order valence-corrected chi connectivity index (χ0v) is 12.4. The van der Waals surface area contributed by atoms with E-state index >= 15 is 0 Å². The zero-order chi connectivity index (χ0) is 14.7. The maximum absolute atomic E-state index is 11.5. The van der Waals surface area contributed by atoms with Crippen molar-refractivity contribution in [2.75, 3.05) is 6.54 Å². The molecule has 21 heavy (non-hydrogen) atoms. The van der Waals surface area contributed by atoms with Crippen molar-refractivity contribution >= 4 is 5.91 Å². The molecular formula is C19H21NO. The van der Waals surface area contributed by atoms with Crippen LogP contribution in [0, 0.1) is 5.41 Å². The van der Waals surface area contributed by atoms with Gasteiger partial charge >= 0.3 is 0 Å². The summed E-state index contributed by atoms with van der Waals surface area (Å²) in [5.74, 6) is 0.479. The maximum atomic E-state index is 11.5. The molecule has 0 aliphatic carbocycles. The van der Waals surface area contributed by atoms with Gasteiger partial charge in [-0.1, -0.05) is 67.6 Å². The summed E-state index contributed by atoms with van der Waals surface area (Å²) in [6, 6.07) is 21.3. The van der Waals surface area contributed by atoms with Gasteiger partial charge in [-0.3, -0.25) is 4.79 Å². The second kappa shape index (κ2) is 5.72. The van der Waals surface area contributed by atoms with Crippen LogP contribution in [0.25, 0.3) is 0 Å². The third-order valence-corrected chi connectivity index (χ3v) is 4.58. The van der Waals surface area contributed by atoms with Crippen LogP contribution >= 0.6 is 0 Å². The molecule has 2 nitrogen and oxygen atoms in total. The standard InChI is InChI=1S/C19H21NO/c1-19(13-12-17(21)20-14-19)18(15-8-4-2-5-9-15)16-10-6-3-7-11-16/h2-11,18H,12-14H2,1H3,(H,20,21). The Bertz CT molecular complexity index is 556. The van der Waals surface area contributed by atoms with Gasteiger partial charge in [-0.15, -0.1) is 0 Å². The molecule has 1 unspecified atom stereocenters. The molecular weight excluding hydrogens is 258 g/mol. The Morgan fingerprint density at radius 2 is 1.48 bits per heavy atom. The molecule has 2 aromatic rings. The van der Waals surface area contributed by atoms with Crippen molar-refractivity contribution in [2.24, 2.45) is 5.41 Å². The molecule has 0 bridgehead atoms. The molecule has 108 valence electrons. The SMILES string of the molecule is CC1(C(c2ccccc2)c2ccccc2)CCC(=O)NC1. The summed E-state index contributed by atoms with van der Waals surface area (Å²) in [4.78, 5) is 11.5. The molecule has 0 radical (unpaired) electrons. The van der Waals surface area contributed by atoms with Gasteiger partial charge in [0.2, 0.25) is 5.91 Å². The van der Waals surface area contributed by atoms with Crippen molar-refractivity contribution in [1.29, 1.82) is 0 Å². The lowest BCUT2D eigenvalue weighted by Gasteiger charge is -2.41. The minimum absolute atomic E-state index is 0.0522. The molecule has 1 heterocycles. The van der Waals surface area contributed by atoms with Crippen LogP contribution < -0.4 is 5.32 Å². The Morgan fingerprint density at radius 3 is 1.90 bits per heavy atom. The molecule has 2 aromatic carbocycles. The summed E-state index contributed by atoms with van der Waals surface area (Å²) in [7, 11) is 0. The predicted octanol–water partition coefficient (Wildman–Crippen LogP) is 3.73. The predicted molar refractivity (Wildman–Crippen MR) is 85.1 cm³/mol. The first-order valence-electron chi connectivity index (χ1n) is 7.56. The lowest BCUT2D eigenvalue weighted by atomic mass is 9.66. The fourth-order valence-electron chi connectivity index (χ4n) is 3.41. The molecule has 1 saturated heterocycles. The number of nitrogens with one attached hydrogen (secondary N) is 1. The van der Waals surface area contributed by atoms with Gasteiger partial charge in [0.1, 0.15) is 0 Å². The van der Waals surface area contributed by atoms with Gasteiger partial charge in [0.25, 0.3) is 0 Å². The van der Waals surface area contributed by atoms with Gasteiger partial charge in [0.15, 0.2) is 0 Å². The number of benzene rings is 2. The Balaban J connectivity index is 2.03. The van der Waals surface area contributed by atoms with Crippen LogP contribution in [0.15, 0.2) is 60.7 Å². The smallest absolute Gasteiger partial charge is 0.220 e. The van der Waals surface area contributed by atoms with Crippen LogP contribution in [0.2, 0.25) is 0 Å². The number of hydrogen-bond donors (Lipinski definition) is 1. The van der Waals surface area contributed by atoms with Gasteiger partial charge in [-0.05, 0) is 23.0 Å². The van der Waals surface area contributed by atoms with E-state index < -0.39 is 0 Å². The monoisotopic (exact) mass is 279 g/mol. The largest absolute Gasteiger partial charge is 0.356 e. The Hall–Kier alpha value is -2.09. The van der Waals surface area contributed by atoms with Crippen molar-refractivity contribution in [3.05, 3.63) is 71.8 Å². The van der Waals surface area contributed by atoms with E-state index in [4.69, 9.17) is 0 Å². The highest BCUT2D eigenvalue weighted by molar-refractivity contribution is 5.77.